The molecule has 72 valence electrons. The van der Waals surface area contributed by atoms with Crippen LogP contribution in [0.2, 0.25) is 0 Å². The molecule has 2 amide bonds. The summed E-state index contributed by atoms with van der Waals surface area (Å²) in [7, 11) is 1.51. The van der Waals surface area contributed by atoms with Crippen LogP contribution >= 0.6 is 0 Å². The van der Waals surface area contributed by atoms with Crippen molar-refractivity contribution in [2.45, 2.75) is 12.6 Å². The Balaban J connectivity index is 2.66. The van der Waals surface area contributed by atoms with Crippen molar-refractivity contribution in [2.24, 2.45) is 0 Å². The first kappa shape index (κ1) is 9.69. The number of hydrogen-bond acceptors (Lipinski definition) is 4. The van der Waals surface area contributed by atoms with Crippen LogP contribution in [0.25, 0.3) is 0 Å². The van der Waals surface area contributed by atoms with Crippen molar-refractivity contribution in [3.63, 3.8) is 0 Å². The summed E-state index contributed by atoms with van der Waals surface area (Å²) in [4.78, 5) is 26.5. The molecular weight excluding hydrogens is 176 g/mol. The first-order valence-corrected chi connectivity index (χ1v) is 3.66. The number of carbonyl (C=O) groups is 2. The highest BCUT2D eigenvalue weighted by atomic mass is 17.1. The van der Waals surface area contributed by atoms with Gasteiger partial charge in [-0.1, -0.05) is 0 Å². The van der Waals surface area contributed by atoms with Crippen LogP contribution in [0.4, 0.5) is 0 Å². The Morgan fingerprint density at radius 2 is 2.46 bits per heavy atom. The molecule has 0 radical (unpaired) electrons. The van der Waals surface area contributed by atoms with Crippen molar-refractivity contribution in [2.75, 3.05) is 7.05 Å². The summed E-state index contributed by atoms with van der Waals surface area (Å²) in [6.07, 6.45) is 1.50. The van der Waals surface area contributed by atoms with Gasteiger partial charge < -0.3 is 10.2 Å². The maximum Gasteiger partial charge on any atom is 0.250 e. The fraction of sp³-hybridized carbons (Fsp3) is 0.429. The van der Waals surface area contributed by atoms with Crippen LogP contribution in [-0.4, -0.2) is 35.7 Å². The molecule has 0 saturated carbocycles. The lowest BCUT2D eigenvalue weighted by Gasteiger charge is -2.03. The standard InChI is InChI=1S/C7H10N2O4/c1-9(4-10)3-5-2-6(13-12)8-7(5)11/h3-4,6,12H,2H2,1H3,(H,8,11)/b5-3+/t6-/m1/s1. The average molecular weight is 186 g/mol. The molecule has 0 aromatic carbocycles. The van der Waals surface area contributed by atoms with E-state index < -0.39 is 6.23 Å². The van der Waals surface area contributed by atoms with E-state index in [4.69, 9.17) is 5.26 Å². The van der Waals surface area contributed by atoms with Crippen LogP contribution in [0.5, 0.6) is 0 Å². The van der Waals surface area contributed by atoms with E-state index in [1.807, 2.05) is 0 Å². The Morgan fingerprint density at radius 1 is 1.77 bits per heavy atom. The van der Waals surface area contributed by atoms with Gasteiger partial charge >= 0.3 is 0 Å². The van der Waals surface area contributed by atoms with Gasteiger partial charge in [-0.05, 0) is 0 Å². The number of nitrogens with one attached hydrogen (secondary N) is 1. The normalized spacial score (nSPS) is 24.6. The highest BCUT2D eigenvalue weighted by molar-refractivity contribution is 5.95. The first-order valence-electron chi connectivity index (χ1n) is 3.66. The van der Waals surface area contributed by atoms with Gasteiger partial charge in [-0.15, -0.1) is 0 Å². The molecule has 0 aromatic rings. The predicted octanol–water partition coefficient (Wildman–Crippen LogP) is -0.706. The molecule has 1 heterocycles. The molecule has 0 unspecified atom stereocenters. The Morgan fingerprint density at radius 3 is 2.92 bits per heavy atom. The Bertz CT molecular complexity index is 251. The van der Waals surface area contributed by atoms with E-state index >= 15 is 0 Å². The smallest absolute Gasteiger partial charge is 0.250 e. The van der Waals surface area contributed by atoms with Gasteiger partial charge in [0.25, 0.3) is 5.91 Å². The summed E-state index contributed by atoms with van der Waals surface area (Å²) in [5.74, 6) is -0.340. The van der Waals surface area contributed by atoms with Crippen molar-refractivity contribution in [1.82, 2.24) is 10.2 Å². The molecule has 13 heavy (non-hydrogen) atoms. The van der Waals surface area contributed by atoms with Crippen LogP contribution in [0.3, 0.4) is 0 Å². The number of amides is 2. The molecule has 1 saturated heterocycles. The van der Waals surface area contributed by atoms with Crippen molar-refractivity contribution in [1.29, 1.82) is 0 Å². The summed E-state index contributed by atoms with van der Waals surface area (Å²) in [6.45, 7) is 0. The highest BCUT2D eigenvalue weighted by Gasteiger charge is 2.27. The SMILES string of the molecule is CN(C=O)/C=C1\C[C@@H](OO)NC1=O. The van der Waals surface area contributed by atoms with Crippen molar-refractivity contribution >= 4 is 12.3 Å². The summed E-state index contributed by atoms with van der Waals surface area (Å²) in [5.41, 5.74) is 0.397. The fourth-order valence-corrected chi connectivity index (χ4v) is 1.03. The number of nitrogens with zero attached hydrogens (tertiary/aromatic N) is 1. The second-order valence-electron chi connectivity index (χ2n) is 2.70. The van der Waals surface area contributed by atoms with Crippen LogP contribution in [0.15, 0.2) is 11.8 Å². The fourth-order valence-electron chi connectivity index (χ4n) is 1.03. The van der Waals surface area contributed by atoms with Crippen LogP contribution < -0.4 is 5.32 Å². The number of rotatable bonds is 3. The maximum atomic E-state index is 11.1. The average Bonchev–Trinajstić information content (AvgIpc) is 2.47. The van der Waals surface area contributed by atoms with Gasteiger partial charge in [0.05, 0.1) is 0 Å². The predicted molar refractivity (Wildman–Crippen MR) is 42.2 cm³/mol. The molecule has 1 rings (SSSR count). The van der Waals surface area contributed by atoms with E-state index in [2.05, 4.69) is 10.2 Å². The van der Waals surface area contributed by atoms with Gasteiger partial charge in [0.2, 0.25) is 6.41 Å². The molecule has 1 atom stereocenters. The topological polar surface area (TPSA) is 78.9 Å². The number of carbonyl (C=O) groups excluding carboxylic acids is 2. The molecule has 0 aromatic heterocycles. The van der Waals surface area contributed by atoms with E-state index in [9.17, 15) is 9.59 Å². The molecule has 1 fully saturated rings. The zero-order valence-corrected chi connectivity index (χ0v) is 7.06. The Kier molecular flexibility index (Phi) is 2.99. The second-order valence-corrected chi connectivity index (χ2v) is 2.70. The zero-order valence-electron chi connectivity index (χ0n) is 7.06. The monoisotopic (exact) mass is 186 g/mol. The molecule has 0 bridgehead atoms. The molecule has 6 nitrogen and oxygen atoms in total. The zero-order chi connectivity index (χ0) is 9.84. The van der Waals surface area contributed by atoms with Crippen molar-refractivity contribution in [3.8, 4) is 0 Å². The quantitative estimate of drug-likeness (QED) is 0.264. The minimum absolute atomic E-state index is 0.244. The van der Waals surface area contributed by atoms with Gasteiger partial charge in [0.1, 0.15) is 0 Å². The first-order chi connectivity index (χ1) is 6.17. The van der Waals surface area contributed by atoms with E-state index in [-0.39, 0.29) is 12.3 Å². The van der Waals surface area contributed by atoms with E-state index in [1.165, 1.54) is 18.1 Å². The lowest BCUT2D eigenvalue weighted by molar-refractivity contribution is -0.280. The molecule has 6 heteroatoms. The lowest BCUT2D eigenvalue weighted by Crippen LogP contribution is -2.26. The Hall–Kier alpha value is -1.40. The Labute approximate surface area is 74.7 Å². The van der Waals surface area contributed by atoms with Gasteiger partial charge in [-0.25, -0.2) is 10.1 Å². The van der Waals surface area contributed by atoms with Gasteiger partial charge in [-0.2, -0.15) is 0 Å². The van der Waals surface area contributed by atoms with Gasteiger partial charge in [-0.3, -0.25) is 9.59 Å². The number of hydrogen-bond donors (Lipinski definition) is 2. The van der Waals surface area contributed by atoms with Crippen LogP contribution in [0, 0.1) is 0 Å². The summed E-state index contributed by atoms with van der Waals surface area (Å²) >= 11 is 0. The third kappa shape index (κ3) is 2.27. The van der Waals surface area contributed by atoms with Crippen LogP contribution in [0.1, 0.15) is 6.42 Å². The van der Waals surface area contributed by atoms with Gasteiger partial charge in [0.15, 0.2) is 6.23 Å². The van der Waals surface area contributed by atoms with E-state index in [0.717, 1.165) is 0 Å². The second kappa shape index (κ2) is 4.01. The molecule has 2 N–H and O–H groups in total. The molecule has 1 aliphatic rings. The molecule has 1 aliphatic heterocycles. The minimum atomic E-state index is -0.709. The third-order valence-corrected chi connectivity index (χ3v) is 1.64. The van der Waals surface area contributed by atoms with E-state index in [1.54, 1.807) is 0 Å². The van der Waals surface area contributed by atoms with E-state index in [0.29, 0.717) is 12.0 Å². The minimum Gasteiger partial charge on any atom is -0.324 e. The lowest BCUT2D eigenvalue weighted by atomic mass is 10.2. The maximum absolute atomic E-state index is 11.1. The van der Waals surface area contributed by atoms with Crippen molar-refractivity contribution in [3.05, 3.63) is 11.8 Å². The summed E-state index contributed by atoms with van der Waals surface area (Å²) in [6, 6.07) is 0. The molecular formula is C7H10N2O4. The van der Waals surface area contributed by atoms with Crippen molar-refractivity contribution < 1.29 is 19.7 Å². The highest BCUT2D eigenvalue weighted by Crippen LogP contribution is 2.14. The summed E-state index contributed by atoms with van der Waals surface area (Å²) in [5, 5.41) is 10.6. The molecule has 0 aliphatic carbocycles. The molecule has 0 spiro atoms. The van der Waals surface area contributed by atoms with Crippen LogP contribution in [-0.2, 0) is 14.5 Å². The summed E-state index contributed by atoms with van der Waals surface area (Å²) < 4.78 is 0. The van der Waals surface area contributed by atoms with Gasteiger partial charge in [0, 0.05) is 25.2 Å². The third-order valence-electron chi connectivity index (χ3n) is 1.64. The largest absolute Gasteiger partial charge is 0.324 e.